The average molecular weight is 680 g/mol. The van der Waals surface area contributed by atoms with Crippen LogP contribution in [0.15, 0.2) is 12.7 Å². The normalized spacial score (nSPS) is 21.0. The molecule has 0 radical (unpaired) electrons. The standard InChI is InChI=1S/C31H57N7O6Si2/c1-13-14-15-16-17-33-28(39)37-25-22-26(35-19-34-25)38(20-36-22)27-24(44-46(11,12)31(5,6)7)23(43-45(9,10)30(2,3)4)21(42-27)18-41-29(40)32-8/h19-21,23-24,27H,13-18H2,1-12H3,(H,32,40)(H2,33,34,35,37,39)/t21-,23-,24-,27-/m1/s1. The van der Waals surface area contributed by atoms with Crippen LogP contribution in [0.25, 0.3) is 11.2 Å². The second-order valence-corrected chi connectivity index (χ2v) is 24.6. The van der Waals surface area contributed by atoms with Gasteiger partial charge in [0.25, 0.3) is 0 Å². The van der Waals surface area contributed by atoms with Gasteiger partial charge in [0.05, 0.1) is 6.33 Å². The van der Waals surface area contributed by atoms with Gasteiger partial charge in [-0.1, -0.05) is 67.7 Å². The molecule has 0 bridgehead atoms. The Kier molecular flexibility index (Phi) is 12.4. The lowest BCUT2D eigenvalue weighted by molar-refractivity contribution is -0.0513. The highest BCUT2D eigenvalue weighted by Crippen LogP contribution is 2.46. The van der Waals surface area contributed by atoms with Crippen LogP contribution in [0.3, 0.4) is 0 Å². The van der Waals surface area contributed by atoms with Gasteiger partial charge in [0.15, 0.2) is 39.8 Å². The number of rotatable bonds is 13. The quantitative estimate of drug-likeness (QED) is 0.158. The highest BCUT2D eigenvalue weighted by Gasteiger charge is 2.55. The molecular formula is C31H57N7O6Si2. The van der Waals surface area contributed by atoms with Crippen molar-refractivity contribution in [3.8, 4) is 0 Å². The van der Waals surface area contributed by atoms with E-state index in [2.05, 4.69) is 106 Å². The van der Waals surface area contributed by atoms with Crippen LogP contribution in [0.5, 0.6) is 0 Å². The Morgan fingerprint density at radius 2 is 1.57 bits per heavy atom. The minimum atomic E-state index is -2.39. The van der Waals surface area contributed by atoms with E-state index in [0.717, 1.165) is 25.7 Å². The molecule has 3 heterocycles. The number of imidazole rings is 1. The van der Waals surface area contributed by atoms with Crippen molar-refractivity contribution in [1.82, 2.24) is 30.2 Å². The molecule has 1 saturated heterocycles. The van der Waals surface area contributed by atoms with Crippen LogP contribution in [-0.2, 0) is 18.3 Å². The van der Waals surface area contributed by atoms with Crippen molar-refractivity contribution in [2.24, 2.45) is 0 Å². The first-order chi connectivity index (χ1) is 21.3. The lowest BCUT2D eigenvalue weighted by Gasteiger charge is -2.44. The molecule has 260 valence electrons. The first-order valence-electron chi connectivity index (χ1n) is 16.4. The summed E-state index contributed by atoms with van der Waals surface area (Å²) < 4.78 is 28.2. The fraction of sp³-hybridized carbons (Fsp3) is 0.774. The Morgan fingerprint density at radius 3 is 2.15 bits per heavy atom. The van der Waals surface area contributed by atoms with Crippen LogP contribution in [0, 0.1) is 0 Å². The number of anilines is 1. The zero-order valence-corrected chi connectivity index (χ0v) is 31.9. The monoisotopic (exact) mass is 679 g/mol. The van der Waals surface area contributed by atoms with E-state index in [1.165, 1.54) is 13.4 Å². The first kappa shape index (κ1) is 37.9. The van der Waals surface area contributed by atoms with Crippen molar-refractivity contribution >= 4 is 45.7 Å². The maximum atomic E-state index is 12.7. The predicted molar refractivity (Wildman–Crippen MR) is 185 cm³/mol. The summed E-state index contributed by atoms with van der Waals surface area (Å²) in [5, 5.41) is 8.03. The predicted octanol–water partition coefficient (Wildman–Crippen LogP) is 6.56. The number of aromatic nitrogens is 4. The van der Waals surface area contributed by atoms with Crippen LogP contribution in [0.4, 0.5) is 15.4 Å². The molecule has 3 N–H and O–H groups in total. The number of hydrogen-bond donors (Lipinski definition) is 3. The van der Waals surface area contributed by atoms with Crippen LogP contribution in [0.2, 0.25) is 36.3 Å². The number of carbonyl (C=O) groups is 2. The van der Waals surface area contributed by atoms with Crippen molar-refractivity contribution < 1.29 is 27.9 Å². The third kappa shape index (κ3) is 9.05. The van der Waals surface area contributed by atoms with Crippen molar-refractivity contribution in [3.63, 3.8) is 0 Å². The fourth-order valence-electron chi connectivity index (χ4n) is 4.63. The molecule has 46 heavy (non-hydrogen) atoms. The molecule has 13 nitrogen and oxygen atoms in total. The molecule has 0 unspecified atom stereocenters. The van der Waals surface area contributed by atoms with Crippen LogP contribution < -0.4 is 16.0 Å². The van der Waals surface area contributed by atoms with E-state index in [9.17, 15) is 9.59 Å². The van der Waals surface area contributed by atoms with Gasteiger partial charge in [-0.25, -0.2) is 24.5 Å². The molecule has 0 saturated carbocycles. The van der Waals surface area contributed by atoms with Gasteiger partial charge in [0, 0.05) is 13.6 Å². The average Bonchev–Trinajstić information content (AvgIpc) is 3.52. The van der Waals surface area contributed by atoms with Gasteiger partial charge >= 0.3 is 12.1 Å². The minimum absolute atomic E-state index is 0.0281. The summed E-state index contributed by atoms with van der Waals surface area (Å²) in [4.78, 5) is 38.3. The van der Waals surface area contributed by atoms with Gasteiger partial charge in [-0.2, -0.15) is 0 Å². The summed E-state index contributed by atoms with van der Waals surface area (Å²) in [6.07, 6.45) is 4.27. The van der Waals surface area contributed by atoms with E-state index in [-0.39, 0.29) is 22.7 Å². The molecule has 1 aliphatic heterocycles. The number of ether oxygens (including phenoxy) is 2. The second-order valence-electron chi connectivity index (χ2n) is 15.1. The van der Waals surface area contributed by atoms with Crippen LogP contribution in [0.1, 0.15) is 80.4 Å². The first-order valence-corrected chi connectivity index (χ1v) is 22.2. The number of nitrogens with zero attached hydrogens (tertiary/aromatic N) is 4. The van der Waals surface area contributed by atoms with Gasteiger partial charge in [0.2, 0.25) is 0 Å². The van der Waals surface area contributed by atoms with Gasteiger partial charge in [0.1, 0.15) is 31.2 Å². The van der Waals surface area contributed by atoms with E-state index in [1.54, 1.807) is 6.33 Å². The second kappa shape index (κ2) is 15.1. The number of carbonyl (C=O) groups excluding carboxylic acids is 2. The molecular weight excluding hydrogens is 623 g/mol. The van der Waals surface area contributed by atoms with Gasteiger partial charge < -0.3 is 29.0 Å². The van der Waals surface area contributed by atoms with Gasteiger partial charge in [-0.15, -0.1) is 0 Å². The highest BCUT2D eigenvalue weighted by atomic mass is 28.4. The van der Waals surface area contributed by atoms with Gasteiger partial charge in [-0.3, -0.25) is 9.88 Å². The lowest BCUT2D eigenvalue weighted by atomic mass is 10.1. The Labute approximate surface area is 276 Å². The zero-order valence-electron chi connectivity index (χ0n) is 29.9. The molecule has 2 aromatic heterocycles. The number of alkyl carbamates (subject to hydrolysis) is 1. The van der Waals surface area contributed by atoms with Crippen molar-refractivity contribution in [1.29, 1.82) is 0 Å². The number of hydrogen-bond acceptors (Lipinski definition) is 9. The summed E-state index contributed by atoms with van der Waals surface area (Å²) >= 11 is 0. The molecule has 4 atom stereocenters. The van der Waals surface area contributed by atoms with Crippen LogP contribution >= 0.6 is 0 Å². The SMILES string of the molecule is CCCCCCNC(=O)Nc1ncnc2c1ncn2[C@@H]1O[C@H](COC(=O)NC)[C@@H](O[Si](C)(C)C(C)(C)C)[C@H]1O[Si](C)(C)C(C)(C)C. The van der Waals surface area contributed by atoms with E-state index in [0.29, 0.717) is 23.5 Å². The molecule has 0 spiro atoms. The van der Waals surface area contributed by atoms with E-state index in [4.69, 9.17) is 18.3 Å². The Bertz CT molecular complexity index is 1320. The molecule has 1 fully saturated rings. The van der Waals surface area contributed by atoms with E-state index in [1.807, 2.05) is 4.57 Å². The minimum Gasteiger partial charge on any atom is -0.447 e. The topological polar surface area (TPSA) is 151 Å². The van der Waals surface area contributed by atoms with Crippen LogP contribution in [-0.4, -0.2) is 86.8 Å². The fourth-order valence-corrected chi connectivity index (χ4v) is 7.24. The molecule has 0 aromatic carbocycles. The molecule has 2 aromatic rings. The third-order valence-corrected chi connectivity index (χ3v) is 18.5. The molecule has 3 amide bonds. The van der Waals surface area contributed by atoms with Crippen molar-refractivity contribution in [2.75, 3.05) is 25.5 Å². The lowest BCUT2D eigenvalue weighted by Crippen LogP contribution is -2.54. The van der Waals surface area contributed by atoms with Crippen molar-refractivity contribution in [2.45, 2.75) is 135 Å². The molecule has 3 rings (SSSR count). The summed E-state index contributed by atoms with van der Waals surface area (Å²) in [6.45, 7) is 24.6. The number of unbranched alkanes of at least 4 members (excludes halogenated alkanes) is 3. The Balaban J connectivity index is 2.03. The third-order valence-electron chi connectivity index (χ3n) is 9.52. The van der Waals surface area contributed by atoms with E-state index < -0.39 is 47.3 Å². The maximum absolute atomic E-state index is 12.7. The zero-order chi connectivity index (χ0) is 34.5. The smallest absolute Gasteiger partial charge is 0.406 e. The number of fused-ring (bicyclic) bond motifs is 1. The summed E-state index contributed by atoms with van der Waals surface area (Å²) in [7, 11) is -3.23. The number of nitrogens with one attached hydrogen (secondary N) is 3. The van der Waals surface area contributed by atoms with E-state index >= 15 is 0 Å². The number of amides is 3. The summed E-state index contributed by atoms with van der Waals surface area (Å²) in [6, 6.07) is -0.350. The molecule has 1 aliphatic rings. The highest BCUT2D eigenvalue weighted by molar-refractivity contribution is 6.74. The Morgan fingerprint density at radius 1 is 0.935 bits per heavy atom. The van der Waals surface area contributed by atoms with Gasteiger partial charge in [-0.05, 0) is 42.7 Å². The molecule has 15 heteroatoms. The summed E-state index contributed by atoms with van der Waals surface area (Å²) in [5.41, 5.74) is 0.895. The number of urea groups is 1. The van der Waals surface area contributed by atoms with Crippen molar-refractivity contribution in [3.05, 3.63) is 12.7 Å². The Hall–Kier alpha value is -2.60. The summed E-state index contributed by atoms with van der Waals surface area (Å²) in [5.74, 6) is 0.295. The maximum Gasteiger partial charge on any atom is 0.406 e. The molecule has 0 aliphatic carbocycles. The largest absolute Gasteiger partial charge is 0.447 e.